The smallest absolute Gasteiger partial charge is 0.169 e. The molecule has 0 bridgehead atoms. The first-order valence-corrected chi connectivity index (χ1v) is 6.40. The molecule has 2 N–H and O–H groups in total. The van der Waals surface area contributed by atoms with E-state index in [1.54, 1.807) is 0 Å². The van der Waals surface area contributed by atoms with Gasteiger partial charge in [0.2, 0.25) is 0 Å². The number of aliphatic hydroxyl groups excluding tert-OH is 2. The summed E-state index contributed by atoms with van der Waals surface area (Å²) in [6, 6.07) is 0. The average molecular weight is 228 g/mol. The molecular formula is C12H20O4. The van der Waals surface area contributed by atoms with Crippen molar-refractivity contribution in [3.63, 3.8) is 0 Å². The second-order valence-corrected chi connectivity index (χ2v) is 5.40. The van der Waals surface area contributed by atoms with E-state index in [1.165, 1.54) is 6.42 Å². The van der Waals surface area contributed by atoms with E-state index in [0.717, 1.165) is 25.7 Å². The van der Waals surface area contributed by atoms with Crippen molar-refractivity contribution in [2.24, 2.45) is 0 Å². The maximum absolute atomic E-state index is 9.90. The van der Waals surface area contributed by atoms with E-state index in [2.05, 4.69) is 0 Å². The van der Waals surface area contributed by atoms with E-state index in [4.69, 9.17) is 9.47 Å². The summed E-state index contributed by atoms with van der Waals surface area (Å²) in [5.74, 6) is -0.446. The van der Waals surface area contributed by atoms with Crippen LogP contribution in [0.1, 0.15) is 44.9 Å². The molecule has 2 saturated carbocycles. The van der Waals surface area contributed by atoms with Crippen LogP contribution in [-0.2, 0) is 9.47 Å². The SMILES string of the molecule is O[C@@H]1C[C@@H](O)[C@@H]2OC3(CCCCC3)O[C@@H]2C1. The van der Waals surface area contributed by atoms with Crippen molar-refractivity contribution in [3.05, 3.63) is 0 Å². The standard InChI is InChI=1S/C12H20O4/c13-8-6-9(14)11-10(7-8)15-12(16-11)4-2-1-3-5-12/h8-11,13-14H,1-7H2/t8-,9-,10-,11+/m1/s1. The van der Waals surface area contributed by atoms with E-state index in [0.29, 0.717) is 12.8 Å². The van der Waals surface area contributed by atoms with Crippen LogP contribution < -0.4 is 0 Å². The Balaban J connectivity index is 1.74. The Labute approximate surface area is 95.6 Å². The summed E-state index contributed by atoms with van der Waals surface area (Å²) in [5, 5.41) is 19.5. The molecule has 4 atom stereocenters. The minimum atomic E-state index is -0.574. The number of hydrogen-bond acceptors (Lipinski definition) is 4. The van der Waals surface area contributed by atoms with E-state index < -0.39 is 18.0 Å². The third kappa shape index (κ3) is 1.78. The largest absolute Gasteiger partial charge is 0.393 e. The molecule has 2 aliphatic carbocycles. The van der Waals surface area contributed by atoms with Crippen LogP contribution in [0.2, 0.25) is 0 Å². The predicted octanol–water partition coefficient (Wildman–Crippen LogP) is 0.946. The minimum absolute atomic E-state index is 0.114. The maximum Gasteiger partial charge on any atom is 0.169 e. The van der Waals surface area contributed by atoms with Crippen LogP contribution in [0, 0.1) is 0 Å². The Bertz CT molecular complexity index is 262. The van der Waals surface area contributed by atoms with Gasteiger partial charge >= 0.3 is 0 Å². The Morgan fingerprint density at radius 3 is 2.44 bits per heavy atom. The summed E-state index contributed by atoms with van der Waals surface area (Å²) in [7, 11) is 0. The Morgan fingerprint density at radius 1 is 0.938 bits per heavy atom. The van der Waals surface area contributed by atoms with Crippen molar-refractivity contribution in [1.29, 1.82) is 0 Å². The zero-order valence-electron chi connectivity index (χ0n) is 9.47. The minimum Gasteiger partial charge on any atom is -0.393 e. The van der Waals surface area contributed by atoms with Gasteiger partial charge in [-0.05, 0) is 12.8 Å². The molecule has 1 spiro atoms. The summed E-state index contributed by atoms with van der Waals surface area (Å²) in [6.07, 6.45) is 5.05. The van der Waals surface area contributed by atoms with Crippen molar-refractivity contribution in [2.75, 3.05) is 0 Å². The van der Waals surface area contributed by atoms with Gasteiger partial charge in [0.15, 0.2) is 5.79 Å². The first-order valence-electron chi connectivity index (χ1n) is 6.40. The van der Waals surface area contributed by atoms with Crippen LogP contribution in [-0.4, -0.2) is 40.4 Å². The number of rotatable bonds is 0. The third-order valence-corrected chi connectivity index (χ3v) is 4.10. The van der Waals surface area contributed by atoms with Crippen molar-refractivity contribution < 1.29 is 19.7 Å². The molecule has 3 aliphatic rings. The normalized spacial score (nSPS) is 46.9. The van der Waals surface area contributed by atoms with E-state index in [1.807, 2.05) is 0 Å². The predicted molar refractivity (Wildman–Crippen MR) is 56.8 cm³/mol. The monoisotopic (exact) mass is 228 g/mol. The molecule has 1 heterocycles. The van der Waals surface area contributed by atoms with Crippen molar-refractivity contribution in [3.8, 4) is 0 Å². The topological polar surface area (TPSA) is 58.9 Å². The van der Waals surface area contributed by atoms with Gasteiger partial charge in [-0.2, -0.15) is 0 Å². The lowest BCUT2D eigenvalue weighted by molar-refractivity contribution is -0.198. The first-order chi connectivity index (χ1) is 7.69. The molecule has 16 heavy (non-hydrogen) atoms. The Kier molecular flexibility index (Phi) is 2.70. The van der Waals surface area contributed by atoms with Gasteiger partial charge in [-0.25, -0.2) is 0 Å². The lowest BCUT2D eigenvalue weighted by Gasteiger charge is -2.32. The van der Waals surface area contributed by atoms with Crippen molar-refractivity contribution in [2.45, 2.75) is 75.1 Å². The lowest BCUT2D eigenvalue weighted by Crippen LogP contribution is -2.44. The van der Waals surface area contributed by atoms with Gasteiger partial charge in [-0.3, -0.25) is 0 Å². The summed E-state index contributed by atoms with van der Waals surface area (Å²) in [4.78, 5) is 0. The zero-order valence-corrected chi connectivity index (χ0v) is 9.47. The lowest BCUT2D eigenvalue weighted by atomic mass is 9.90. The van der Waals surface area contributed by atoms with E-state index >= 15 is 0 Å². The highest BCUT2D eigenvalue weighted by Gasteiger charge is 2.52. The summed E-state index contributed by atoms with van der Waals surface area (Å²) in [6.45, 7) is 0. The molecule has 1 saturated heterocycles. The zero-order chi connectivity index (χ0) is 11.2. The van der Waals surface area contributed by atoms with E-state index in [-0.39, 0.29) is 12.2 Å². The first kappa shape index (κ1) is 11.0. The van der Waals surface area contributed by atoms with Crippen LogP contribution in [0.3, 0.4) is 0 Å². The van der Waals surface area contributed by atoms with Crippen LogP contribution in [0.4, 0.5) is 0 Å². The Hall–Kier alpha value is -0.160. The second-order valence-electron chi connectivity index (χ2n) is 5.40. The van der Waals surface area contributed by atoms with Crippen LogP contribution in [0.5, 0.6) is 0 Å². The molecule has 3 fully saturated rings. The van der Waals surface area contributed by atoms with Gasteiger partial charge in [0.1, 0.15) is 6.10 Å². The molecule has 0 radical (unpaired) electrons. The van der Waals surface area contributed by atoms with Crippen LogP contribution in [0.25, 0.3) is 0 Å². The molecule has 3 rings (SSSR count). The fourth-order valence-electron chi connectivity index (χ4n) is 3.31. The molecule has 0 aromatic heterocycles. The van der Waals surface area contributed by atoms with Crippen LogP contribution in [0.15, 0.2) is 0 Å². The van der Waals surface area contributed by atoms with Gasteiger partial charge in [0.25, 0.3) is 0 Å². The van der Waals surface area contributed by atoms with Gasteiger partial charge in [0, 0.05) is 25.7 Å². The molecule has 4 heteroatoms. The molecule has 0 unspecified atom stereocenters. The van der Waals surface area contributed by atoms with Gasteiger partial charge in [-0.15, -0.1) is 0 Å². The highest BCUT2D eigenvalue weighted by Crippen LogP contribution is 2.44. The molecular weight excluding hydrogens is 208 g/mol. The highest BCUT2D eigenvalue weighted by atomic mass is 16.8. The number of fused-ring (bicyclic) bond motifs is 1. The van der Waals surface area contributed by atoms with Crippen LogP contribution >= 0.6 is 0 Å². The Morgan fingerprint density at radius 2 is 1.69 bits per heavy atom. The second kappa shape index (κ2) is 3.95. The van der Waals surface area contributed by atoms with Crippen molar-refractivity contribution in [1.82, 2.24) is 0 Å². The molecule has 1 aliphatic heterocycles. The molecule has 0 amide bonds. The maximum atomic E-state index is 9.90. The summed E-state index contributed by atoms with van der Waals surface area (Å²) in [5.41, 5.74) is 0. The number of ether oxygens (including phenoxy) is 2. The molecule has 4 nitrogen and oxygen atoms in total. The highest BCUT2D eigenvalue weighted by molar-refractivity contribution is 4.96. The third-order valence-electron chi connectivity index (χ3n) is 4.10. The van der Waals surface area contributed by atoms with Gasteiger partial charge in [0.05, 0.1) is 18.3 Å². The summed E-state index contributed by atoms with van der Waals surface area (Å²) < 4.78 is 12.0. The average Bonchev–Trinajstić information content (AvgIpc) is 2.57. The van der Waals surface area contributed by atoms with Gasteiger partial charge in [-0.1, -0.05) is 6.42 Å². The van der Waals surface area contributed by atoms with Gasteiger partial charge < -0.3 is 19.7 Å². The molecule has 0 aromatic rings. The fraction of sp³-hybridized carbons (Fsp3) is 1.00. The quantitative estimate of drug-likeness (QED) is 0.648. The molecule has 0 aromatic carbocycles. The number of hydrogen-bond donors (Lipinski definition) is 2. The summed E-state index contributed by atoms with van der Waals surface area (Å²) >= 11 is 0. The van der Waals surface area contributed by atoms with E-state index in [9.17, 15) is 10.2 Å². The number of aliphatic hydroxyl groups is 2. The fourth-order valence-corrected chi connectivity index (χ4v) is 3.31. The molecule has 92 valence electrons. The van der Waals surface area contributed by atoms with Crippen molar-refractivity contribution >= 4 is 0 Å².